The van der Waals surface area contributed by atoms with E-state index in [4.69, 9.17) is 5.73 Å². The maximum absolute atomic E-state index is 10.3. The molecule has 4 heteroatoms. The van der Waals surface area contributed by atoms with Gasteiger partial charge in [0.1, 0.15) is 0 Å². The van der Waals surface area contributed by atoms with Gasteiger partial charge < -0.3 is 11.1 Å². The van der Waals surface area contributed by atoms with Crippen LogP contribution in [0.2, 0.25) is 0 Å². The minimum Gasteiger partial charge on any atom is -0.351 e. The molecule has 2 amide bonds. The topological polar surface area (TPSA) is 55.1 Å². The number of primary amides is 1. The SMILES string of the molecule is NC(=O)Nc1[c]cc(I)cc1. The zero-order valence-electron chi connectivity index (χ0n) is 5.60. The van der Waals surface area contributed by atoms with E-state index < -0.39 is 6.03 Å². The van der Waals surface area contributed by atoms with Gasteiger partial charge in [0.25, 0.3) is 0 Å². The lowest BCUT2D eigenvalue weighted by Crippen LogP contribution is -2.19. The summed E-state index contributed by atoms with van der Waals surface area (Å²) in [6.45, 7) is 0. The number of nitrogens with one attached hydrogen (secondary N) is 1. The second-order valence-corrected chi connectivity index (χ2v) is 3.16. The normalized spacial score (nSPS) is 9.18. The molecule has 1 aromatic carbocycles. The van der Waals surface area contributed by atoms with Gasteiger partial charge in [-0.05, 0) is 40.8 Å². The summed E-state index contributed by atoms with van der Waals surface area (Å²) in [5.41, 5.74) is 5.49. The van der Waals surface area contributed by atoms with Crippen LogP contribution in [-0.4, -0.2) is 6.03 Å². The first kappa shape index (κ1) is 8.32. The van der Waals surface area contributed by atoms with Gasteiger partial charge in [-0.2, -0.15) is 0 Å². The molecule has 0 spiro atoms. The fourth-order valence-electron chi connectivity index (χ4n) is 0.616. The lowest BCUT2D eigenvalue weighted by Gasteiger charge is -1.98. The van der Waals surface area contributed by atoms with Gasteiger partial charge in [-0.1, -0.05) is 0 Å². The standard InChI is InChI=1S/C7H6IN2O/c8-5-1-3-6(4-2-5)10-7(9)11/h1-3H,(H3,9,10,11). The molecule has 0 saturated carbocycles. The number of urea groups is 1. The van der Waals surface area contributed by atoms with E-state index >= 15 is 0 Å². The maximum Gasteiger partial charge on any atom is 0.316 e. The van der Waals surface area contributed by atoms with E-state index in [-0.39, 0.29) is 0 Å². The third kappa shape index (κ3) is 2.75. The molecule has 0 heterocycles. The molecule has 57 valence electrons. The Labute approximate surface area is 78.1 Å². The second-order valence-electron chi connectivity index (χ2n) is 1.91. The van der Waals surface area contributed by atoms with Crippen molar-refractivity contribution in [2.45, 2.75) is 0 Å². The van der Waals surface area contributed by atoms with Crippen molar-refractivity contribution in [3.8, 4) is 0 Å². The lowest BCUT2D eigenvalue weighted by atomic mass is 10.3. The van der Waals surface area contributed by atoms with Crippen molar-refractivity contribution in [2.24, 2.45) is 5.73 Å². The summed E-state index contributed by atoms with van der Waals surface area (Å²) >= 11 is 2.15. The van der Waals surface area contributed by atoms with E-state index in [0.717, 1.165) is 3.57 Å². The van der Waals surface area contributed by atoms with Crippen molar-refractivity contribution in [3.63, 3.8) is 0 Å². The van der Waals surface area contributed by atoms with Gasteiger partial charge in [-0.3, -0.25) is 0 Å². The average molecular weight is 261 g/mol. The third-order valence-corrected chi connectivity index (χ3v) is 1.70. The number of rotatable bonds is 1. The number of hydrogen-bond donors (Lipinski definition) is 2. The summed E-state index contributed by atoms with van der Waals surface area (Å²) in [4.78, 5) is 10.3. The summed E-state index contributed by atoms with van der Waals surface area (Å²) in [5, 5.41) is 2.41. The Morgan fingerprint density at radius 1 is 1.64 bits per heavy atom. The first-order chi connectivity index (χ1) is 5.18. The lowest BCUT2D eigenvalue weighted by molar-refractivity contribution is 0.259. The Bertz CT molecular complexity index is 258. The first-order valence-corrected chi connectivity index (χ1v) is 4.00. The summed E-state index contributed by atoms with van der Waals surface area (Å²) in [5.74, 6) is 0. The number of halogens is 1. The van der Waals surface area contributed by atoms with E-state index in [0.29, 0.717) is 5.69 Å². The van der Waals surface area contributed by atoms with Gasteiger partial charge in [0.15, 0.2) is 0 Å². The van der Waals surface area contributed by atoms with Crippen LogP contribution in [-0.2, 0) is 0 Å². The van der Waals surface area contributed by atoms with E-state index in [9.17, 15) is 4.79 Å². The van der Waals surface area contributed by atoms with Crippen LogP contribution < -0.4 is 11.1 Å². The Morgan fingerprint density at radius 3 is 2.82 bits per heavy atom. The van der Waals surface area contributed by atoms with Crippen LogP contribution in [0.4, 0.5) is 10.5 Å². The summed E-state index contributed by atoms with van der Waals surface area (Å²) < 4.78 is 1.07. The van der Waals surface area contributed by atoms with Crippen molar-refractivity contribution in [1.82, 2.24) is 0 Å². The van der Waals surface area contributed by atoms with Crippen LogP contribution in [0.5, 0.6) is 0 Å². The van der Waals surface area contributed by atoms with Crippen LogP contribution >= 0.6 is 22.6 Å². The predicted octanol–water partition coefficient (Wildman–Crippen LogP) is 1.58. The molecule has 0 bridgehead atoms. The molecule has 1 rings (SSSR count). The molecule has 0 aliphatic rings. The number of nitrogens with two attached hydrogens (primary N) is 1. The Morgan fingerprint density at radius 2 is 2.36 bits per heavy atom. The minimum atomic E-state index is -0.567. The Balaban J connectivity index is 2.74. The zero-order valence-corrected chi connectivity index (χ0v) is 7.75. The summed E-state index contributed by atoms with van der Waals surface area (Å²) in [7, 11) is 0. The molecule has 0 aromatic heterocycles. The molecule has 11 heavy (non-hydrogen) atoms. The third-order valence-electron chi connectivity index (χ3n) is 1.03. The van der Waals surface area contributed by atoms with Crippen LogP contribution in [0.25, 0.3) is 0 Å². The van der Waals surface area contributed by atoms with Crippen LogP contribution in [0, 0.1) is 9.64 Å². The van der Waals surface area contributed by atoms with Crippen molar-refractivity contribution >= 4 is 34.3 Å². The molecule has 0 fully saturated rings. The molecule has 0 saturated heterocycles. The van der Waals surface area contributed by atoms with Crippen LogP contribution in [0.1, 0.15) is 0 Å². The molecule has 1 radical (unpaired) electrons. The fraction of sp³-hybridized carbons (Fsp3) is 0. The van der Waals surface area contributed by atoms with Gasteiger partial charge in [0, 0.05) is 9.64 Å². The molecule has 3 N–H and O–H groups in total. The highest BCUT2D eigenvalue weighted by Crippen LogP contribution is 2.09. The largest absolute Gasteiger partial charge is 0.351 e. The van der Waals surface area contributed by atoms with Gasteiger partial charge in [0.2, 0.25) is 0 Å². The number of amides is 2. The van der Waals surface area contributed by atoms with Crippen molar-refractivity contribution in [3.05, 3.63) is 27.8 Å². The Kier molecular flexibility index (Phi) is 2.70. The second kappa shape index (κ2) is 3.56. The smallest absolute Gasteiger partial charge is 0.316 e. The van der Waals surface area contributed by atoms with Crippen LogP contribution in [0.3, 0.4) is 0 Å². The van der Waals surface area contributed by atoms with Gasteiger partial charge in [-0.25, -0.2) is 4.79 Å². The highest BCUT2D eigenvalue weighted by atomic mass is 127. The molecule has 0 atom stereocenters. The summed E-state index contributed by atoms with van der Waals surface area (Å²) in [6, 6.07) is 7.66. The number of benzene rings is 1. The van der Waals surface area contributed by atoms with Crippen molar-refractivity contribution in [1.29, 1.82) is 0 Å². The predicted molar refractivity (Wildman–Crippen MR) is 51.2 cm³/mol. The maximum atomic E-state index is 10.3. The molecule has 0 unspecified atom stereocenters. The summed E-state index contributed by atoms with van der Waals surface area (Å²) in [6.07, 6.45) is 0. The van der Waals surface area contributed by atoms with Crippen LogP contribution in [0.15, 0.2) is 18.2 Å². The molecule has 1 aromatic rings. The van der Waals surface area contributed by atoms with E-state index in [1.165, 1.54) is 0 Å². The highest BCUT2D eigenvalue weighted by molar-refractivity contribution is 14.1. The molecular formula is C7H6IN2O. The van der Waals surface area contributed by atoms with Crippen molar-refractivity contribution in [2.75, 3.05) is 5.32 Å². The monoisotopic (exact) mass is 261 g/mol. The number of anilines is 1. The minimum absolute atomic E-state index is 0.567. The zero-order chi connectivity index (χ0) is 8.27. The van der Waals surface area contributed by atoms with Crippen molar-refractivity contribution < 1.29 is 4.79 Å². The molecule has 3 nitrogen and oxygen atoms in total. The van der Waals surface area contributed by atoms with E-state index in [1.807, 2.05) is 6.07 Å². The number of hydrogen-bond acceptors (Lipinski definition) is 1. The van der Waals surface area contributed by atoms with Gasteiger partial charge >= 0.3 is 6.03 Å². The average Bonchev–Trinajstić information content (AvgIpc) is 1.93. The molecule has 0 aliphatic carbocycles. The van der Waals surface area contributed by atoms with Gasteiger partial charge in [0.05, 0.1) is 5.69 Å². The highest BCUT2D eigenvalue weighted by Gasteiger charge is 1.94. The fourth-order valence-corrected chi connectivity index (χ4v) is 0.952. The van der Waals surface area contributed by atoms with E-state index in [1.54, 1.807) is 12.1 Å². The number of carbonyl (C=O) groups excluding carboxylic acids is 1. The number of carbonyl (C=O) groups is 1. The molecular weight excluding hydrogens is 255 g/mol. The quantitative estimate of drug-likeness (QED) is 0.741. The van der Waals surface area contributed by atoms with Gasteiger partial charge in [-0.15, -0.1) is 0 Å². The molecule has 0 aliphatic heterocycles. The Hall–Kier alpha value is -0.780. The van der Waals surface area contributed by atoms with E-state index in [2.05, 4.69) is 34.0 Å². The first-order valence-electron chi connectivity index (χ1n) is 2.92.